The van der Waals surface area contributed by atoms with Crippen molar-refractivity contribution in [3.63, 3.8) is 0 Å². The van der Waals surface area contributed by atoms with E-state index in [0.29, 0.717) is 5.75 Å². The van der Waals surface area contributed by atoms with Crippen LogP contribution >= 0.6 is 12.6 Å². The highest BCUT2D eigenvalue weighted by Gasteiger charge is 2.19. The van der Waals surface area contributed by atoms with Crippen LogP contribution in [0.25, 0.3) is 0 Å². The van der Waals surface area contributed by atoms with Crippen LogP contribution in [0.2, 0.25) is 0 Å². The minimum absolute atomic E-state index is 0.287. The zero-order valence-electron chi connectivity index (χ0n) is 11.1. The van der Waals surface area contributed by atoms with Gasteiger partial charge in [-0.25, -0.2) is 9.78 Å². The van der Waals surface area contributed by atoms with Gasteiger partial charge in [-0.05, 0) is 25.1 Å². The number of anilines is 1. The lowest BCUT2D eigenvalue weighted by atomic mass is 10.2. The number of benzene rings is 1. The van der Waals surface area contributed by atoms with Crippen LogP contribution in [0.4, 0.5) is 5.69 Å². The molecule has 0 aliphatic heterocycles. The normalized spacial score (nSPS) is 11.7. The van der Waals surface area contributed by atoms with Crippen LogP contribution in [0.5, 0.6) is 5.88 Å². The van der Waals surface area contributed by atoms with Gasteiger partial charge in [0, 0.05) is 23.7 Å². The van der Waals surface area contributed by atoms with E-state index in [1.807, 2.05) is 31.2 Å². The fourth-order valence-electron chi connectivity index (χ4n) is 1.61. The number of aryl methyl sites for hydroxylation is 1. The molecule has 20 heavy (non-hydrogen) atoms. The summed E-state index contributed by atoms with van der Waals surface area (Å²) in [5.41, 5.74) is 2.02. The molecule has 1 N–H and O–H groups in total. The second-order valence-electron chi connectivity index (χ2n) is 4.33. The van der Waals surface area contributed by atoms with Gasteiger partial charge in [0.25, 0.3) is 0 Å². The molecule has 2 aromatic rings. The lowest BCUT2D eigenvalue weighted by Gasteiger charge is -2.16. The zero-order chi connectivity index (χ0) is 14.4. The van der Waals surface area contributed by atoms with Crippen LogP contribution in [0, 0.1) is 6.92 Å². The molecular formula is C15H16N2O2S. The number of rotatable bonds is 5. The van der Waals surface area contributed by atoms with Crippen LogP contribution in [0.1, 0.15) is 5.56 Å². The summed E-state index contributed by atoms with van der Waals surface area (Å²) in [7, 11) is 0. The van der Waals surface area contributed by atoms with E-state index < -0.39 is 12.0 Å². The summed E-state index contributed by atoms with van der Waals surface area (Å²) in [6, 6.07) is 12.4. The van der Waals surface area contributed by atoms with Crippen molar-refractivity contribution < 1.29 is 9.53 Å². The van der Waals surface area contributed by atoms with Gasteiger partial charge >= 0.3 is 5.97 Å². The Hall–Kier alpha value is -2.01. The maximum absolute atomic E-state index is 12.0. The van der Waals surface area contributed by atoms with Gasteiger partial charge in [-0.15, -0.1) is 0 Å². The minimum Gasteiger partial charge on any atom is -0.406 e. The van der Waals surface area contributed by atoms with Gasteiger partial charge in [0.2, 0.25) is 5.88 Å². The monoisotopic (exact) mass is 288 g/mol. The number of carbonyl (C=O) groups is 1. The van der Waals surface area contributed by atoms with E-state index in [1.54, 1.807) is 24.4 Å². The number of nitrogens with zero attached hydrogens (tertiary/aromatic N) is 1. The Morgan fingerprint density at radius 1 is 1.30 bits per heavy atom. The number of aromatic nitrogens is 1. The smallest absolute Gasteiger partial charge is 0.336 e. The van der Waals surface area contributed by atoms with Gasteiger partial charge in [-0.1, -0.05) is 23.8 Å². The van der Waals surface area contributed by atoms with E-state index in [9.17, 15) is 4.79 Å². The van der Waals surface area contributed by atoms with Crippen molar-refractivity contribution >= 4 is 24.3 Å². The highest BCUT2D eigenvalue weighted by atomic mass is 32.1. The molecular weight excluding hydrogens is 272 g/mol. The van der Waals surface area contributed by atoms with Crippen molar-refractivity contribution in [2.45, 2.75) is 13.0 Å². The number of esters is 1. The fourth-order valence-corrected chi connectivity index (χ4v) is 1.85. The summed E-state index contributed by atoms with van der Waals surface area (Å²) in [5.74, 6) is 0.216. The summed E-state index contributed by atoms with van der Waals surface area (Å²) in [6.45, 7) is 2.01. The molecule has 0 fully saturated rings. The number of pyridine rings is 1. The number of hydrogen-bond acceptors (Lipinski definition) is 5. The van der Waals surface area contributed by atoms with E-state index >= 15 is 0 Å². The van der Waals surface area contributed by atoms with E-state index in [4.69, 9.17) is 4.74 Å². The third-order valence-corrected chi connectivity index (χ3v) is 3.07. The summed E-state index contributed by atoms with van der Waals surface area (Å²) in [6.07, 6.45) is 1.58. The van der Waals surface area contributed by atoms with Crippen molar-refractivity contribution in [2.24, 2.45) is 0 Å². The number of carbonyl (C=O) groups excluding carboxylic acids is 1. The van der Waals surface area contributed by atoms with Crippen molar-refractivity contribution in [3.8, 4) is 5.88 Å². The summed E-state index contributed by atoms with van der Waals surface area (Å²) >= 11 is 4.19. The molecule has 0 amide bonds. The number of thiol groups is 1. The Bertz CT molecular complexity index is 558. The summed E-state index contributed by atoms with van der Waals surface area (Å²) < 4.78 is 5.20. The molecule has 0 unspecified atom stereocenters. The van der Waals surface area contributed by atoms with Gasteiger partial charge in [0.05, 0.1) is 0 Å². The molecule has 1 aromatic heterocycles. The molecule has 0 saturated heterocycles. The van der Waals surface area contributed by atoms with Crippen molar-refractivity contribution in [2.75, 3.05) is 11.1 Å². The maximum Gasteiger partial charge on any atom is 0.336 e. The number of ether oxygens (including phenoxy) is 1. The van der Waals surface area contributed by atoms with E-state index in [2.05, 4.69) is 22.9 Å². The highest BCUT2D eigenvalue weighted by Crippen LogP contribution is 2.12. The Labute approximate surface area is 123 Å². The average Bonchev–Trinajstić information content (AvgIpc) is 2.47. The van der Waals surface area contributed by atoms with Crippen LogP contribution in [-0.4, -0.2) is 22.7 Å². The first-order valence-corrected chi connectivity index (χ1v) is 6.89. The first-order valence-electron chi connectivity index (χ1n) is 6.26. The standard InChI is InChI=1S/C15H16N2O2S/c1-11-5-7-12(8-6-11)17-13(10-20)15(18)19-14-4-2-3-9-16-14/h2-9,13,17,20H,10H2,1H3/t13-/m1/s1. The number of nitrogens with one attached hydrogen (secondary N) is 1. The summed E-state index contributed by atoms with van der Waals surface area (Å²) in [4.78, 5) is 16.0. The van der Waals surface area contributed by atoms with Crippen molar-refractivity contribution in [3.05, 3.63) is 54.2 Å². The SMILES string of the molecule is Cc1ccc(N[C@H](CS)C(=O)Oc2ccccn2)cc1. The Morgan fingerprint density at radius 2 is 2.05 bits per heavy atom. The molecule has 0 aliphatic carbocycles. The van der Waals surface area contributed by atoms with Gasteiger partial charge in [-0.2, -0.15) is 12.6 Å². The fraction of sp³-hybridized carbons (Fsp3) is 0.200. The predicted octanol–water partition coefficient (Wildman–Crippen LogP) is 2.71. The molecule has 5 heteroatoms. The van der Waals surface area contributed by atoms with Crippen LogP contribution in [-0.2, 0) is 4.79 Å². The highest BCUT2D eigenvalue weighted by molar-refractivity contribution is 7.80. The van der Waals surface area contributed by atoms with Crippen LogP contribution < -0.4 is 10.1 Å². The van der Waals surface area contributed by atoms with Gasteiger partial charge < -0.3 is 10.1 Å². The molecule has 104 valence electrons. The third-order valence-electron chi connectivity index (χ3n) is 2.70. The van der Waals surface area contributed by atoms with E-state index in [-0.39, 0.29) is 5.88 Å². The number of hydrogen-bond donors (Lipinski definition) is 2. The van der Waals surface area contributed by atoms with Crippen LogP contribution in [0.3, 0.4) is 0 Å². The molecule has 0 bridgehead atoms. The topological polar surface area (TPSA) is 51.2 Å². The molecule has 0 spiro atoms. The molecule has 2 rings (SSSR count). The first-order chi connectivity index (χ1) is 9.69. The van der Waals surface area contributed by atoms with Gasteiger partial charge in [0.1, 0.15) is 6.04 Å². The van der Waals surface area contributed by atoms with Gasteiger partial charge in [-0.3, -0.25) is 0 Å². The Kier molecular flexibility index (Phi) is 5.01. The molecule has 0 saturated carbocycles. The lowest BCUT2D eigenvalue weighted by Crippen LogP contribution is -2.35. The van der Waals surface area contributed by atoms with E-state index in [0.717, 1.165) is 11.3 Å². The Morgan fingerprint density at radius 3 is 2.65 bits per heavy atom. The van der Waals surface area contributed by atoms with Crippen molar-refractivity contribution in [1.29, 1.82) is 0 Å². The quantitative estimate of drug-likeness (QED) is 0.656. The summed E-state index contributed by atoms with van der Waals surface area (Å²) in [5, 5.41) is 3.10. The molecule has 4 nitrogen and oxygen atoms in total. The largest absolute Gasteiger partial charge is 0.406 e. The first kappa shape index (κ1) is 14.4. The molecule has 1 heterocycles. The minimum atomic E-state index is -0.525. The van der Waals surface area contributed by atoms with Crippen LogP contribution in [0.15, 0.2) is 48.7 Å². The third kappa shape index (κ3) is 3.99. The van der Waals surface area contributed by atoms with Gasteiger partial charge in [0.15, 0.2) is 0 Å². The maximum atomic E-state index is 12.0. The molecule has 0 radical (unpaired) electrons. The molecule has 0 aliphatic rings. The molecule has 1 atom stereocenters. The van der Waals surface area contributed by atoms with E-state index in [1.165, 1.54) is 0 Å². The predicted molar refractivity (Wildman–Crippen MR) is 82.3 cm³/mol. The average molecular weight is 288 g/mol. The lowest BCUT2D eigenvalue weighted by molar-refractivity contribution is -0.135. The van der Waals surface area contributed by atoms with Crippen molar-refractivity contribution in [1.82, 2.24) is 4.98 Å². The second-order valence-corrected chi connectivity index (χ2v) is 4.70. The second kappa shape index (κ2) is 6.96. The zero-order valence-corrected chi connectivity index (χ0v) is 12.0. The Balaban J connectivity index is 2.00. The molecule has 1 aromatic carbocycles.